The lowest BCUT2D eigenvalue weighted by Gasteiger charge is -2.28. The number of rotatable bonds is 6. The highest BCUT2D eigenvalue weighted by atomic mass is 32.2. The van der Waals surface area contributed by atoms with E-state index in [0.717, 1.165) is 17.5 Å². The SMILES string of the molecule is CC(C)c1ccc(NC(=O)Cn2ncc3c(c2=O)N(CC2CC2)C(=O)CS3)cc1. The number of nitrogens with one attached hydrogen (secondary N) is 1. The molecule has 1 aliphatic heterocycles. The molecule has 8 heteroatoms. The molecule has 1 aromatic heterocycles. The molecule has 2 amide bonds. The quantitative estimate of drug-likeness (QED) is 0.789. The van der Waals surface area contributed by atoms with Gasteiger partial charge in [0, 0.05) is 12.2 Å². The van der Waals surface area contributed by atoms with Crippen LogP contribution in [0.1, 0.15) is 38.2 Å². The average molecular weight is 413 g/mol. The van der Waals surface area contributed by atoms with Crippen molar-refractivity contribution in [1.29, 1.82) is 0 Å². The van der Waals surface area contributed by atoms with Crippen molar-refractivity contribution in [2.45, 2.75) is 44.0 Å². The van der Waals surface area contributed by atoms with Gasteiger partial charge in [0.2, 0.25) is 11.8 Å². The fraction of sp³-hybridized carbons (Fsp3) is 0.429. The van der Waals surface area contributed by atoms with Gasteiger partial charge in [-0.3, -0.25) is 14.4 Å². The molecule has 0 unspecified atom stereocenters. The van der Waals surface area contributed by atoms with E-state index in [2.05, 4.69) is 24.3 Å². The standard InChI is InChI=1S/C21H24N4O3S/c1-13(2)15-5-7-16(8-6-15)23-18(26)11-25-21(28)20-17(9-22-25)29-12-19(27)24(20)10-14-3-4-14/h5-9,13-14H,3-4,10-12H2,1-2H3,(H,23,26). The van der Waals surface area contributed by atoms with E-state index in [4.69, 9.17) is 0 Å². The Labute approximate surface area is 173 Å². The predicted molar refractivity (Wildman–Crippen MR) is 113 cm³/mol. The van der Waals surface area contributed by atoms with E-state index in [1.54, 1.807) is 11.1 Å². The van der Waals surface area contributed by atoms with Gasteiger partial charge in [0.15, 0.2) is 0 Å². The van der Waals surface area contributed by atoms with Crippen LogP contribution in [0.4, 0.5) is 11.4 Å². The zero-order valence-electron chi connectivity index (χ0n) is 16.6. The average Bonchev–Trinajstić information content (AvgIpc) is 3.51. The van der Waals surface area contributed by atoms with Crippen LogP contribution in [0.25, 0.3) is 0 Å². The van der Waals surface area contributed by atoms with E-state index in [0.29, 0.717) is 40.4 Å². The minimum absolute atomic E-state index is 0.0565. The van der Waals surface area contributed by atoms with Gasteiger partial charge in [-0.1, -0.05) is 26.0 Å². The fourth-order valence-electron chi connectivity index (χ4n) is 3.31. The molecule has 2 heterocycles. The van der Waals surface area contributed by atoms with Crippen LogP contribution in [0.15, 0.2) is 40.2 Å². The molecule has 2 aliphatic rings. The summed E-state index contributed by atoms with van der Waals surface area (Å²) in [6, 6.07) is 7.65. The van der Waals surface area contributed by atoms with Crippen LogP contribution >= 0.6 is 11.8 Å². The normalized spacial score (nSPS) is 16.1. The van der Waals surface area contributed by atoms with Gasteiger partial charge < -0.3 is 10.2 Å². The molecule has 1 fully saturated rings. The predicted octanol–water partition coefficient (Wildman–Crippen LogP) is 2.85. The van der Waals surface area contributed by atoms with E-state index in [-0.39, 0.29) is 18.4 Å². The molecule has 29 heavy (non-hydrogen) atoms. The molecule has 1 saturated carbocycles. The second-order valence-electron chi connectivity index (χ2n) is 7.88. The molecule has 0 saturated heterocycles. The molecule has 0 spiro atoms. The van der Waals surface area contributed by atoms with Crippen molar-refractivity contribution in [3.05, 3.63) is 46.4 Å². The van der Waals surface area contributed by atoms with Gasteiger partial charge >= 0.3 is 0 Å². The van der Waals surface area contributed by atoms with Crippen molar-refractivity contribution in [2.24, 2.45) is 5.92 Å². The van der Waals surface area contributed by atoms with Crippen LogP contribution in [-0.2, 0) is 16.1 Å². The third-order valence-electron chi connectivity index (χ3n) is 5.20. The fourth-order valence-corrected chi connectivity index (χ4v) is 4.20. The number of hydrogen-bond donors (Lipinski definition) is 1. The topological polar surface area (TPSA) is 84.3 Å². The summed E-state index contributed by atoms with van der Waals surface area (Å²) in [6.45, 7) is 4.59. The van der Waals surface area contributed by atoms with Crippen molar-refractivity contribution in [1.82, 2.24) is 9.78 Å². The van der Waals surface area contributed by atoms with Crippen molar-refractivity contribution >= 4 is 35.0 Å². The number of carbonyl (C=O) groups excluding carboxylic acids is 2. The molecule has 2 aromatic rings. The Hall–Kier alpha value is -2.61. The summed E-state index contributed by atoms with van der Waals surface area (Å²) in [5, 5.41) is 6.95. The maximum absolute atomic E-state index is 13.0. The first-order chi connectivity index (χ1) is 13.9. The Balaban J connectivity index is 1.51. The molecule has 1 aromatic carbocycles. The zero-order chi connectivity index (χ0) is 20.5. The van der Waals surface area contributed by atoms with Crippen molar-refractivity contribution < 1.29 is 9.59 Å². The van der Waals surface area contributed by atoms with Gasteiger partial charge in [-0.25, -0.2) is 4.68 Å². The molecule has 0 atom stereocenters. The van der Waals surface area contributed by atoms with Crippen LogP contribution in [0, 0.1) is 5.92 Å². The summed E-state index contributed by atoms with van der Waals surface area (Å²) in [5.74, 6) is 0.807. The number of thioether (sulfide) groups is 1. The number of amides is 2. The van der Waals surface area contributed by atoms with Crippen molar-refractivity contribution in [2.75, 3.05) is 22.5 Å². The lowest BCUT2D eigenvalue weighted by molar-refractivity contribution is -0.117. The Morgan fingerprint density at radius 3 is 2.62 bits per heavy atom. The first-order valence-corrected chi connectivity index (χ1v) is 10.8. The Morgan fingerprint density at radius 2 is 1.97 bits per heavy atom. The summed E-state index contributed by atoms with van der Waals surface area (Å²) in [5.41, 5.74) is 1.83. The third-order valence-corrected chi connectivity index (χ3v) is 6.20. The highest BCUT2D eigenvalue weighted by Gasteiger charge is 2.34. The lowest BCUT2D eigenvalue weighted by atomic mass is 10.0. The Kier molecular flexibility index (Phi) is 5.45. The Bertz CT molecular complexity index is 996. The molecule has 1 aliphatic carbocycles. The summed E-state index contributed by atoms with van der Waals surface area (Å²) in [7, 11) is 0. The maximum Gasteiger partial charge on any atom is 0.292 e. The van der Waals surface area contributed by atoms with Gasteiger partial charge in [0.25, 0.3) is 5.56 Å². The molecule has 7 nitrogen and oxygen atoms in total. The molecule has 152 valence electrons. The van der Waals surface area contributed by atoms with E-state index >= 15 is 0 Å². The number of nitrogens with zero attached hydrogens (tertiary/aromatic N) is 3. The zero-order valence-corrected chi connectivity index (χ0v) is 17.4. The smallest absolute Gasteiger partial charge is 0.292 e. The van der Waals surface area contributed by atoms with E-state index in [1.165, 1.54) is 17.3 Å². The Morgan fingerprint density at radius 1 is 1.24 bits per heavy atom. The van der Waals surface area contributed by atoms with Gasteiger partial charge in [-0.2, -0.15) is 5.10 Å². The van der Waals surface area contributed by atoms with Crippen LogP contribution in [0.3, 0.4) is 0 Å². The highest BCUT2D eigenvalue weighted by molar-refractivity contribution is 8.00. The van der Waals surface area contributed by atoms with Crippen LogP contribution in [-0.4, -0.2) is 33.9 Å². The largest absolute Gasteiger partial charge is 0.324 e. The molecule has 4 rings (SSSR count). The van der Waals surface area contributed by atoms with Crippen LogP contribution < -0.4 is 15.8 Å². The molecular formula is C21H24N4O3S. The first kappa shape index (κ1) is 19.7. The molecular weight excluding hydrogens is 388 g/mol. The third kappa shape index (κ3) is 4.37. The summed E-state index contributed by atoms with van der Waals surface area (Å²) in [4.78, 5) is 40.1. The monoisotopic (exact) mass is 412 g/mol. The second kappa shape index (κ2) is 8.02. The molecule has 0 radical (unpaired) electrons. The lowest BCUT2D eigenvalue weighted by Crippen LogP contribution is -2.43. The van der Waals surface area contributed by atoms with Crippen LogP contribution in [0.2, 0.25) is 0 Å². The summed E-state index contributed by atoms with van der Waals surface area (Å²) < 4.78 is 1.13. The van der Waals surface area contributed by atoms with Crippen molar-refractivity contribution in [3.8, 4) is 0 Å². The summed E-state index contributed by atoms with van der Waals surface area (Å²) >= 11 is 1.33. The van der Waals surface area contributed by atoms with E-state index in [1.807, 2.05) is 24.3 Å². The number of fused-ring (bicyclic) bond motifs is 1. The number of carbonyl (C=O) groups is 2. The van der Waals surface area contributed by atoms with Gasteiger partial charge in [-0.05, 0) is 42.4 Å². The van der Waals surface area contributed by atoms with Gasteiger partial charge in [0.05, 0.1) is 16.8 Å². The highest BCUT2D eigenvalue weighted by Crippen LogP contribution is 2.36. The molecule has 0 bridgehead atoms. The van der Waals surface area contributed by atoms with E-state index in [9.17, 15) is 14.4 Å². The van der Waals surface area contributed by atoms with Crippen LogP contribution in [0.5, 0.6) is 0 Å². The molecule has 1 N–H and O–H groups in total. The first-order valence-electron chi connectivity index (χ1n) is 9.85. The van der Waals surface area contributed by atoms with Crippen molar-refractivity contribution in [3.63, 3.8) is 0 Å². The second-order valence-corrected chi connectivity index (χ2v) is 8.90. The van der Waals surface area contributed by atoms with Gasteiger partial charge in [-0.15, -0.1) is 11.8 Å². The minimum atomic E-state index is -0.394. The number of hydrogen-bond acceptors (Lipinski definition) is 5. The number of anilines is 2. The van der Waals surface area contributed by atoms with E-state index < -0.39 is 5.56 Å². The maximum atomic E-state index is 13.0. The number of aromatic nitrogens is 2. The number of benzene rings is 1. The minimum Gasteiger partial charge on any atom is -0.324 e. The summed E-state index contributed by atoms with van der Waals surface area (Å²) in [6.07, 6.45) is 3.76. The van der Waals surface area contributed by atoms with Gasteiger partial charge in [0.1, 0.15) is 12.2 Å².